The number of carbonyl (C=O) groups is 1. The molecule has 0 radical (unpaired) electrons. The van der Waals surface area contributed by atoms with Crippen LogP contribution < -0.4 is 10.2 Å². The van der Waals surface area contributed by atoms with Crippen LogP contribution in [0, 0.1) is 0 Å². The summed E-state index contributed by atoms with van der Waals surface area (Å²) in [5.74, 6) is 0.132. The third-order valence-electron chi connectivity index (χ3n) is 3.08. The van der Waals surface area contributed by atoms with Gasteiger partial charge in [-0.3, -0.25) is 4.79 Å². The molecule has 1 rings (SSSR count). The van der Waals surface area contributed by atoms with Gasteiger partial charge in [0.15, 0.2) is 0 Å². The van der Waals surface area contributed by atoms with E-state index in [1.54, 1.807) is 4.90 Å². The highest BCUT2D eigenvalue weighted by Crippen LogP contribution is 2.24. The van der Waals surface area contributed by atoms with Gasteiger partial charge in [-0.05, 0) is 30.2 Å². The Morgan fingerprint density at radius 1 is 1.22 bits per heavy atom. The Balaban J connectivity index is 2.76. The molecule has 0 aliphatic rings. The average molecular weight is 248 g/mol. The van der Waals surface area contributed by atoms with Crippen LogP contribution >= 0.6 is 0 Å². The molecule has 0 spiro atoms. The normalized spacial score (nSPS) is 11.4. The van der Waals surface area contributed by atoms with E-state index in [0.717, 1.165) is 5.69 Å². The molecular formula is C15H24N2O. The van der Waals surface area contributed by atoms with Gasteiger partial charge in [0.05, 0.1) is 0 Å². The molecule has 0 atom stereocenters. The predicted octanol–water partition coefficient (Wildman–Crippen LogP) is 2.56. The van der Waals surface area contributed by atoms with Crippen LogP contribution in [0.5, 0.6) is 0 Å². The fraction of sp³-hybridized carbons (Fsp3) is 0.533. The molecule has 1 aromatic rings. The van der Waals surface area contributed by atoms with Crippen molar-refractivity contribution in [2.45, 2.75) is 32.6 Å². The molecule has 100 valence electrons. The summed E-state index contributed by atoms with van der Waals surface area (Å²) < 4.78 is 0. The first-order valence-electron chi connectivity index (χ1n) is 6.38. The second-order valence-corrected chi connectivity index (χ2v) is 5.60. The molecule has 1 aromatic carbocycles. The highest BCUT2D eigenvalue weighted by atomic mass is 16.2. The third-order valence-corrected chi connectivity index (χ3v) is 3.08. The van der Waals surface area contributed by atoms with E-state index in [1.807, 2.05) is 26.2 Å². The van der Waals surface area contributed by atoms with Crippen molar-refractivity contribution in [3.8, 4) is 0 Å². The van der Waals surface area contributed by atoms with Crippen LogP contribution in [0.3, 0.4) is 0 Å². The van der Waals surface area contributed by atoms with Crippen LogP contribution in [0.4, 0.5) is 5.69 Å². The molecule has 18 heavy (non-hydrogen) atoms. The van der Waals surface area contributed by atoms with Crippen LogP contribution in [-0.4, -0.2) is 26.5 Å². The summed E-state index contributed by atoms with van der Waals surface area (Å²) in [7, 11) is 3.68. The van der Waals surface area contributed by atoms with Crippen molar-refractivity contribution in [3.05, 3.63) is 29.8 Å². The number of hydrogen-bond donors (Lipinski definition) is 1. The highest BCUT2D eigenvalue weighted by Gasteiger charge is 2.15. The van der Waals surface area contributed by atoms with Gasteiger partial charge >= 0.3 is 0 Å². The summed E-state index contributed by atoms with van der Waals surface area (Å²) in [6.45, 7) is 7.26. The number of nitrogens with zero attached hydrogens (tertiary/aromatic N) is 1. The summed E-state index contributed by atoms with van der Waals surface area (Å²) in [4.78, 5) is 13.6. The number of nitrogens with one attached hydrogen (secondary N) is 1. The maximum Gasteiger partial charge on any atom is 0.227 e. The zero-order chi connectivity index (χ0) is 13.8. The lowest BCUT2D eigenvalue weighted by atomic mass is 9.87. The van der Waals surface area contributed by atoms with E-state index < -0.39 is 0 Å². The molecule has 3 heteroatoms. The molecule has 0 saturated carbocycles. The average Bonchev–Trinajstić information content (AvgIpc) is 2.34. The first-order chi connectivity index (χ1) is 8.36. The largest absolute Gasteiger partial charge is 0.319 e. The van der Waals surface area contributed by atoms with Gasteiger partial charge in [0.2, 0.25) is 5.91 Å². The van der Waals surface area contributed by atoms with E-state index in [0.29, 0.717) is 13.0 Å². The van der Waals surface area contributed by atoms with Crippen molar-refractivity contribution < 1.29 is 4.79 Å². The molecule has 1 N–H and O–H groups in total. The molecular weight excluding hydrogens is 224 g/mol. The maximum atomic E-state index is 11.9. The minimum absolute atomic E-state index is 0.132. The summed E-state index contributed by atoms with van der Waals surface area (Å²) >= 11 is 0. The summed E-state index contributed by atoms with van der Waals surface area (Å²) in [6.07, 6.45) is 0.522. The summed E-state index contributed by atoms with van der Waals surface area (Å²) in [6, 6.07) is 8.21. The van der Waals surface area contributed by atoms with Gasteiger partial charge in [-0.2, -0.15) is 0 Å². The van der Waals surface area contributed by atoms with Crippen molar-refractivity contribution in [2.24, 2.45) is 0 Å². The zero-order valence-electron chi connectivity index (χ0n) is 12.1. The van der Waals surface area contributed by atoms with E-state index in [2.05, 4.69) is 38.2 Å². The molecule has 1 amide bonds. The Labute approximate surface area is 110 Å². The van der Waals surface area contributed by atoms with Crippen molar-refractivity contribution in [2.75, 3.05) is 25.5 Å². The van der Waals surface area contributed by atoms with Crippen molar-refractivity contribution in [3.63, 3.8) is 0 Å². The lowest BCUT2D eigenvalue weighted by Crippen LogP contribution is -2.28. The van der Waals surface area contributed by atoms with E-state index in [-0.39, 0.29) is 11.3 Å². The maximum absolute atomic E-state index is 11.9. The first kappa shape index (κ1) is 14.7. The molecule has 0 aromatic heterocycles. The smallest absolute Gasteiger partial charge is 0.227 e. The number of benzene rings is 1. The second-order valence-electron chi connectivity index (χ2n) is 5.60. The summed E-state index contributed by atoms with van der Waals surface area (Å²) in [5.41, 5.74) is 2.37. The van der Waals surface area contributed by atoms with Gasteiger partial charge in [-0.1, -0.05) is 32.9 Å². The van der Waals surface area contributed by atoms with Gasteiger partial charge < -0.3 is 10.2 Å². The molecule has 0 bridgehead atoms. The van der Waals surface area contributed by atoms with Gasteiger partial charge in [-0.25, -0.2) is 0 Å². The topological polar surface area (TPSA) is 32.3 Å². The molecule has 0 unspecified atom stereocenters. The number of rotatable bonds is 4. The van der Waals surface area contributed by atoms with Gasteiger partial charge in [0.1, 0.15) is 0 Å². The number of hydrogen-bond acceptors (Lipinski definition) is 2. The first-order valence-corrected chi connectivity index (χ1v) is 6.38. The zero-order valence-corrected chi connectivity index (χ0v) is 12.1. The molecule has 0 aliphatic carbocycles. The van der Waals surface area contributed by atoms with E-state index >= 15 is 0 Å². The fourth-order valence-electron chi connectivity index (χ4n) is 1.73. The molecule has 3 nitrogen and oxygen atoms in total. The van der Waals surface area contributed by atoms with E-state index in [9.17, 15) is 4.79 Å². The Bertz CT molecular complexity index is 390. The van der Waals surface area contributed by atoms with Crippen molar-refractivity contribution in [1.82, 2.24) is 5.32 Å². The number of carbonyl (C=O) groups excluding carboxylic acids is 1. The highest BCUT2D eigenvalue weighted by molar-refractivity contribution is 5.92. The lowest BCUT2D eigenvalue weighted by molar-refractivity contribution is -0.118. The minimum atomic E-state index is 0.132. The molecule has 0 saturated heterocycles. The standard InChI is InChI=1S/C15H24N2O/c1-15(2,3)12-6-8-13(9-7-12)17(5)14(18)10-11-16-4/h6-9,16H,10-11H2,1-5H3. The monoisotopic (exact) mass is 248 g/mol. The second kappa shape index (κ2) is 6.01. The van der Waals surface area contributed by atoms with E-state index in [4.69, 9.17) is 0 Å². The Morgan fingerprint density at radius 3 is 2.22 bits per heavy atom. The SMILES string of the molecule is CNCCC(=O)N(C)c1ccc(C(C)(C)C)cc1. The van der Waals surface area contributed by atoms with Crippen molar-refractivity contribution >= 4 is 11.6 Å². The van der Waals surface area contributed by atoms with Crippen LogP contribution in [0.25, 0.3) is 0 Å². The molecule has 0 heterocycles. The van der Waals surface area contributed by atoms with Crippen LogP contribution in [0.15, 0.2) is 24.3 Å². The van der Waals surface area contributed by atoms with Crippen LogP contribution in [0.1, 0.15) is 32.8 Å². The van der Waals surface area contributed by atoms with E-state index in [1.165, 1.54) is 5.56 Å². The van der Waals surface area contributed by atoms with Crippen molar-refractivity contribution in [1.29, 1.82) is 0 Å². The van der Waals surface area contributed by atoms with Gasteiger partial charge in [0, 0.05) is 25.7 Å². The quantitative estimate of drug-likeness (QED) is 0.888. The number of anilines is 1. The Hall–Kier alpha value is -1.35. The third kappa shape index (κ3) is 3.84. The van der Waals surface area contributed by atoms with Crippen LogP contribution in [0.2, 0.25) is 0 Å². The number of amides is 1. The van der Waals surface area contributed by atoms with Gasteiger partial charge in [-0.15, -0.1) is 0 Å². The minimum Gasteiger partial charge on any atom is -0.319 e. The Kier molecular flexibility index (Phi) is 4.91. The Morgan fingerprint density at radius 2 is 1.78 bits per heavy atom. The fourth-order valence-corrected chi connectivity index (χ4v) is 1.73. The predicted molar refractivity (Wildman–Crippen MR) is 77.1 cm³/mol. The van der Waals surface area contributed by atoms with Crippen LogP contribution in [-0.2, 0) is 10.2 Å². The lowest BCUT2D eigenvalue weighted by Gasteiger charge is -2.22. The molecule has 0 aliphatic heterocycles. The van der Waals surface area contributed by atoms with Gasteiger partial charge in [0.25, 0.3) is 0 Å². The molecule has 0 fully saturated rings. The summed E-state index contributed by atoms with van der Waals surface area (Å²) in [5, 5.41) is 2.99.